The van der Waals surface area contributed by atoms with Crippen LogP contribution in [-0.4, -0.2) is 48.0 Å². The minimum atomic E-state index is -1.12. The van der Waals surface area contributed by atoms with Gasteiger partial charge in [-0.05, 0) is 49.2 Å². The van der Waals surface area contributed by atoms with Crippen LogP contribution in [0.25, 0.3) is 22.5 Å². The number of rotatable bonds is 9. The minimum Gasteiger partial charge on any atom is -0.481 e. The number of nitrogens with zero attached hydrogens (tertiary/aromatic N) is 3. The Morgan fingerprint density at radius 2 is 1.67 bits per heavy atom. The van der Waals surface area contributed by atoms with Crippen LogP contribution >= 0.6 is 0 Å². The van der Waals surface area contributed by atoms with Gasteiger partial charge in [0.1, 0.15) is 11.6 Å². The lowest BCUT2D eigenvalue weighted by molar-refractivity contribution is -0.139. The number of hydrogen-bond acceptors (Lipinski definition) is 5. The number of aromatic nitrogens is 3. The number of hydrogen-bond donors (Lipinski definition) is 3. The van der Waals surface area contributed by atoms with E-state index in [-0.39, 0.29) is 17.7 Å². The van der Waals surface area contributed by atoms with Gasteiger partial charge in [-0.2, -0.15) is 0 Å². The van der Waals surface area contributed by atoms with E-state index >= 15 is 0 Å². The van der Waals surface area contributed by atoms with E-state index in [1.165, 1.54) is 12.1 Å². The second-order valence-corrected chi connectivity index (χ2v) is 9.21. The maximum absolute atomic E-state index is 13.7. The van der Waals surface area contributed by atoms with Crippen LogP contribution in [0, 0.1) is 5.82 Å². The molecular formula is C25H30FN3O4. The molecule has 0 aliphatic heterocycles. The van der Waals surface area contributed by atoms with Crippen molar-refractivity contribution in [1.82, 2.24) is 14.5 Å². The molecule has 176 valence electrons. The van der Waals surface area contributed by atoms with Crippen LogP contribution in [0.15, 0.2) is 48.8 Å². The van der Waals surface area contributed by atoms with Gasteiger partial charge in [-0.1, -0.05) is 20.8 Å². The van der Waals surface area contributed by atoms with Crippen molar-refractivity contribution in [3.05, 3.63) is 60.4 Å². The van der Waals surface area contributed by atoms with Crippen LogP contribution in [0.3, 0.4) is 0 Å². The number of carboxylic acid groups (broad SMARTS) is 1. The molecule has 7 nitrogen and oxygen atoms in total. The lowest BCUT2D eigenvalue weighted by Crippen LogP contribution is -2.24. The van der Waals surface area contributed by atoms with E-state index in [9.17, 15) is 19.4 Å². The first-order valence-electron chi connectivity index (χ1n) is 10.9. The molecule has 0 saturated carbocycles. The average molecular weight is 456 g/mol. The monoisotopic (exact) mass is 455 g/mol. The predicted molar refractivity (Wildman–Crippen MR) is 123 cm³/mol. The molecule has 0 aliphatic rings. The molecule has 0 bridgehead atoms. The van der Waals surface area contributed by atoms with Crippen molar-refractivity contribution >= 4 is 5.97 Å². The summed E-state index contributed by atoms with van der Waals surface area (Å²) >= 11 is 0. The molecule has 0 saturated heterocycles. The average Bonchev–Trinajstić information content (AvgIpc) is 3.13. The van der Waals surface area contributed by atoms with E-state index in [4.69, 9.17) is 10.1 Å². The Labute approximate surface area is 192 Å². The van der Waals surface area contributed by atoms with Crippen LogP contribution in [0.2, 0.25) is 0 Å². The Morgan fingerprint density at radius 3 is 2.24 bits per heavy atom. The fraction of sp³-hybridized carbons (Fsp3) is 0.400. The molecule has 0 spiro atoms. The lowest BCUT2D eigenvalue weighted by atomic mass is 9.95. The highest BCUT2D eigenvalue weighted by Gasteiger charge is 2.28. The normalized spacial score (nSPS) is 13.6. The molecule has 0 amide bonds. The van der Waals surface area contributed by atoms with E-state index in [0.29, 0.717) is 13.0 Å². The first-order valence-corrected chi connectivity index (χ1v) is 10.9. The summed E-state index contributed by atoms with van der Waals surface area (Å²) in [4.78, 5) is 19.9. The first-order chi connectivity index (χ1) is 15.6. The zero-order valence-corrected chi connectivity index (χ0v) is 19.1. The molecule has 3 N–H and O–H groups in total. The summed E-state index contributed by atoms with van der Waals surface area (Å²) in [5.74, 6) is -0.652. The number of pyridine rings is 1. The molecule has 2 aromatic heterocycles. The lowest BCUT2D eigenvalue weighted by Gasteiger charge is -2.23. The summed E-state index contributed by atoms with van der Waals surface area (Å²) in [5, 5.41) is 29.2. The molecule has 2 unspecified atom stereocenters. The number of halogens is 1. The quantitative estimate of drug-likeness (QED) is 0.450. The van der Waals surface area contributed by atoms with Gasteiger partial charge in [-0.15, -0.1) is 0 Å². The highest BCUT2D eigenvalue weighted by Crippen LogP contribution is 2.37. The van der Waals surface area contributed by atoms with Crippen LogP contribution in [0.1, 0.15) is 45.9 Å². The van der Waals surface area contributed by atoms with Gasteiger partial charge in [-0.3, -0.25) is 9.78 Å². The third-order valence-corrected chi connectivity index (χ3v) is 5.35. The van der Waals surface area contributed by atoms with Gasteiger partial charge in [0, 0.05) is 35.5 Å². The molecular weight excluding hydrogens is 425 g/mol. The standard InChI is InChI=1S/C25H30FN3O4/c1-25(2,3)24-28-22(16-8-11-27-12-9-16)23(17-4-6-18(26)7-5-17)29(24)13-10-19(30)14-20(31)15-21(32)33/h4-9,11-12,19-20,30-31H,10,13-15H2,1-3H3,(H,32,33). The van der Waals surface area contributed by atoms with Crippen molar-refractivity contribution in [2.24, 2.45) is 0 Å². The molecule has 8 heteroatoms. The Hall–Kier alpha value is -3.10. The maximum atomic E-state index is 13.7. The molecule has 1 aromatic carbocycles. The van der Waals surface area contributed by atoms with Crippen molar-refractivity contribution in [2.75, 3.05) is 0 Å². The molecule has 0 radical (unpaired) electrons. The fourth-order valence-corrected chi connectivity index (χ4v) is 3.85. The number of benzene rings is 1. The van der Waals surface area contributed by atoms with Crippen molar-refractivity contribution in [3.8, 4) is 22.5 Å². The number of aliphatic carboxylic acids is 1. The third kappa shape index (κ3) is 6.24. The van der Waals surface area contributed by atoms with E-state index in [0.717, 1.165) is 28.3 Å². The smallest absolute Gasteiger partial charge is 0.305 e. The van der Waals surface area contributed by atoms with Crippen molar-refractivity contribution in [2.45, 2.75) is 64.2 Å². The van der Waals surface area contributed by atoms with E-state index in [1.54, 1.807) is 24.5 Å². The van der Waals surface area contributed by atoms with Crippen molar-refractivity contribution < 1.29 is 24.5 Å². The zero-order chi connectivity index (χ0) is 24.2. The maximum Gasteiger partial charge on any atom is 0.305 e. The molecule has 0 fully saturated rings. The number of carbonyl (C=O) groups is 1. The van der Waals surface area contributed by atoms with E-state index in [2.05, 4.69) is 4.98 Å². The molecule has 33 heavy (non-hydrogen) atoms. The second kappa shape index (κ2) is 10.2. The molecule has 3 aromatic rings. The second-order valence-electron chi connectivity index (χ2n) is 9.21. The topological polar surface area (TPSA) is 108 Å². The van der Waals surface area contributed by atoms with E-state index < -0.39 is 24.6 Å². The summed E-state index contributed by atoms with van der Waals surface area (Å²) in [6.07, 6.45) is 1.21. The first kappa shape index (κ1) is 24.5. The summed E-state index contributed by atoms with van der Waals surface area (Å²) in [5.41, 5.74) is 2.85. The highest BCUT2D eigenvalue weighted by molar-refractivity contribution is 5.79. The molecule has 3 rings (SSSR count). The van der Waals surface area contributed by atoms with Gasteiger partial charge in [0.15, 0.2) is 0 Å². The summed E-state index contributed by atoms with van der Waals surface area (Å²) in [6, 6.07) is 9.93. The van der Waals surface area contributed by atoms with E-state index in [1.807, 2.05) is 37.5 Å². The Morgan fingerprint density at radius 1 is 1.03 bits per heavy atom. The summed E-state index contributed by atoms with van der Waals surface area (Å²) in [7, 11) is 0. The van der Waals surface area contributed by atoms with Gasteiger partial charge in [0.2, 0.25) is 0 Å². The highest BCUT2D eigenvalue weighted by atomic mass is 19.1. The van der Waals surface area contributed by atoms with Gasteiger partial charge < -0.3 is 19.9 Å². The van der Waals surface area contributed by atoms with Crippen molar-refractivity contribution in [3.63, 3.8) is 0 Å². The fourth-order valence-electron chi connectivity index (χ4n) is 3.85. The Kier molecular flexibility index (Phi) is 7.61. The predicted octanol–water partition coefficient (Wildman–Crippen LogP) is 4.03. The van der Waals surface area contributed by atoms with Gasteiger partial charge >= 0.3 is 5.97 Å². The number of carboxylic acids is 1. The number of aliphatic hydroxyl groups is 2. The third-order valence-electron chi connectivity index (χ3n) is 5.35. The number of aliphatic hydroxyl groups excluding tert-OH is 2. The van der Waals surface area contributed by atoms with Gasteiger partial charge in [-0.25, -0.2) is 9.37 Å². The molecule has 2 heterocycles. The zero-order valence-electron chi connectivity index (χ0n) is 19.1. The molecule has 2 atom stereocenters. The number of imidazole rings is 1. The van der Waals surface area contributed by atoms with Crippen LogP contribution in [0.4, 0.5) is 4.39 Å². The Bertz CT molecular complexity index is 1080. The Balaban J connectivity index is 2.04. The van der Waals surface area contributed by atoms with Crippen LogP contribution < -0.4 is 0 Å². The van der Waals surface area contributed by atoms with Crippen LogP contribution in [0.5, 0.6) is 0 Å². The summed E-state index contributed by atoms with van der Waals surface area (Å²) < 4.78 is 15.7. The minimum absolute atomic E-state index is 0.0328. The van der Waals surface area contributed by atoms with Crippen LogP contribution in [-0.2, 0) is 16.8 Å². The SMILES string of the molecule is CC(C)(C)c1nc(-c2ccncc2)c(-c2ccc(F)cc2)n1CCC(O)CC(O)CC(=O)O. The summed E-state index contributed by atoms with van der Waals surface area (Å²) in [6.45, 7) is 6.52. The molecule has 0 aliphatic carbocycles. The van der Waals surface area contributed by atoms with Gasteiger partial charge in [0.05, 0.1) is 30.0 Å². The largest absolute Gasteiger partial charge is 0.481 e. The van der Waals surface area contributed by atoms with Crippen molar-refractivity contribution in [1.29, 1.82) is 0 Å². The van der Waals surface area contributed by atoms with Gasteiger partial charge in [0.25, 0.3) is 0 Å².